The number of unbranched alkanes of at least 4 members (excludes halogenated alkanes) is 11. The number of benzene rings is 1. The first-order chi connectivity index (χ1) is 12.9. The van der Waals surface area contributed by atoms with Gasteiger partial charge in [-0.1, -0.05) is 89.7 Å². The van der Waals surface area contributed by atoms with Gasteiger partial charge in [0.05, 0.1) is 0 Å². The molecule has 27 heavy (non-hydrogen) atoms. The van der Waals surface area contributed by atoms with Crippen LogP contribution in [0, 0.1) is 13.8 Å². The Morgan fingerprint density at radius 2 is 1.26 bits per heavy atom. The lowest BCUT2D eigenvalue weighted by atomic mass is 10.1. The van der Waals surface area contributed by atoms with Gasteiger partial charge < -0.3 is 8.85 Å². The van der Waals surface area contributed by atoms with Crippen molar-refractivity contribution in [2.24, 2.45) is 0 Å². The molecule has 0 aliphatic carbocycles. The molecule has 0 bridgehead atoms. The number of hydrogen-bond acceptors (Lipinski definition) is 2. The lowest BCUT2D eigenvalue weighted by molar-refractivity contribution is 0.240. The van der Waals surface area contributed by atoms with Crippen molar-refractivity contribution >= 4 is 8.56 Å². The first kappa shape index (κ1) is 24.2. The first-order valence-corrected chi connectivity index (χ1v) is 14.2. The van der Waals surface area contributed by atoms with Crippen LogP contribution in [0.1, 0.15) is 95.1 Å². The second-order valence-electron chi connectivity index (χ2n) is 8.51. The van der Waals surface area contributed by atoms with Gasteiger partial charge in [-0.05, 0) is 50.6 Å². The largest absolute Gasteiger partial charge is 0.520 e. The minimum Gasteiger partial charge on any atom is -0.520 e. The lowest BCUT2D eigenvalue weighted by Gasteiger charge is -2.25. The van der Waals surface area contributed by atoms with Crippen molar-refractivity contribution in [2.75, 3.05) is 6.61 Å². The number of rotatable bonds is 16. The van der Waals surface area contributed by atoms with Crippen molar-refractivity contribution in [1.29, 1.82) is 0 Å². The standard InChI is InChI=1S/C24H44O2Si/c1-6-7-8-9-10-11-12-13-14-15-16-17-20-25-27(4,5)26-24-21-22(2)18-19-23(24)3/h18-19,21H,6-17,20H2,1-5H3. The van der Waals surface area contributed by atoms with E-state index in [0.717, 1.165) is 18.8 Å². The maximum Gasteiger partial charge on any atom is 0.392 e. The smallest absolute Gasteiger partial charge is 0.392 e. The molecule has 1 aromatic carbocycles. The van der Waals surface area contributed by atoms with E-state index < -0.39 is 8.56 Å². The summed E-state index contributed by atoms with van der Waals surface area (Å²) in [4.78, 5) is 0. The molecule has 0 aliphatic heterocycles. The molecule has 0 N–H and O–H groups in total. The minimum atomic E-state index is -2.10. The van der Waals surface area contributed by atoms with Gasteiger partial charge in [0.2, 0.25) is 0 Å². The van der Waals surface area contributed by atoms with Crippen molar-refractivity contribution in [2.45, 2.75) is 111 Å². The van der Waals surface area contributed by atoms with Crippen molar-refractivity contribution in [3.8, 4) is 5.75 Å². The van der Waals surface area contributed by atoms with E-state index in [2.05, 4.69) is 52.1 Å². The summed E-state index contributed by atoms with van der Waals surface area (Å²) in [5.41, 5.74) is 2.43. The van der Waals surface area contributed by atoms with E-state index in [1.54, 1.807) is 0 Å². The van der Waals surface area contributed by atoms with Crippen molar-refractivity contribution in [3.05, 3.63) is 29.3 Å². The van der Waals surface area contributed by atoms with E-state index >= 15 is 0 Å². The van der Waals surface area contributed by atoms with Crippen molar-refractivity contribution in [3.63, 3.8) is 0 Å². The second-order valence-corrected chi connectivity index (χ2v) is 11.8. The van der Waals surface area contributed by atoms with E-state index in [1.165, 1.54) is 81.8 Å². The van der Waals surface area contributed by atoms with Gasteiger partial charge >= 0.3 is 8.56 Å². The Hall–Kier alpha value is -0.803. The van der Waals surface area contributed by atoms with E-state index in [4.69, 9.17) is 8.85 Å². The summed E-state index contributed by atoms with van der Waals surface area (Å²) >= 11 is 0. The zero-order valence-corrected chi connectivity index (χ0v) is 19.7. The predicted octanol–water partition coefficient (Wildman–Crippen LogP) is 8.10. The molecule has 0 saturated heterocycles. The van der Waals surface area contributed by atoms with Gasteiger partial charge in [0, 0.05) is 6.61 Å². The van der Waals surface area contributed by atoms with Crippen LogP contribution < -0.4 is 4.43 Å². The summed E-state index contributed by atoms with van der Waals surface area (Å²) in [7, 11) is -2.10. The summed E-state index contributed by atoms with van der Waals surface area (Å²) in [6.45, 7) is 11.6. The average Bonchev–Trinajstić information content (AvgIpc) is 2.62. The number of aryl methyl sites for hydroxylation is 2. The fourth-order valence-corrected chi connectivity index (χ4v) is 4.82. The highest BCUT2D eigenvalue weighted by Crippen LogP contribution is 2.23. The third-order valence-electron chi connectivity index (χ3n) is 5.15. The van der Waals surface area contributed by atoms with Crippen LogP contribution in [0.25, 0.3) is 0 Å². The Morgan fingerprint density at radius 3 is 1.81 bits per heavy atom. The topological polar surface area (TPSA) is 18.5 Å². The van der Waals surface area contributed by atoms with Gasteiger partial charge in [-0.3, -0.25) is 0 Å². The Labute approximate surface area is 170 Å². The van der Waals surface area contributed by atoms with Crippen LogP contribution in [-0.2, 0) is 4.43 Å². The van der Waals surface area contributed by atoms with Crippen LogP contribution >= 0.6 is 0 Å². The van der Waals surface area contributed by atoms with E-state index in [-0.39, 0.29) is 0 Å². The van der Waals surface area contributed by atoms with Crippen molar-refractivity contribution < 1.29 is 8.85 Å². The summed E-state index contributed by atoms with van der Waals surface area (Å²) in [5.74, 6) is 0.987. The van der Waals surface area contributed by atoms with Gasteiger partial charge in [-0.25, -0.2) is 0 Å². The molecular formula is C24H44O2Si. The minimum absolute atomic E-state index is 0.835. The molecule has 2 nitrogen and oxygen atoms in total. The zero-order chi connectivity index (χ0) is 20.0. The summed E-state index contributed by atoms with van der Waals surface area (Å²) in [6.07, 6.45) is 16.5. The fraction of sp³-hybridized carbons (Fsp3) is 0.750. The maximum absolute atomic E-state index is 6.24. The van der Waals surface area contributed by atoms with Crippen LogP contribution in [0.5, 0.6) is 5.75 Å². The Balaban J connectivity index is 2.01. The molecule has 0 heterocycles. The van der Waals surface area contributed by atoms with Crippen LogP contribution in [0.15, 0.2) is 18.2 Å². The fourth-order valence-electron chi connectivity index (χ4n) is 3.37. The molecule has 1 rings (SSSR count). The summed E-state index contributed by atoms with van der Waals surface area (Å²) < 4.78 is 12.4. The molecule has 0 aromatic heterocycles. The summed E-state index contributed by atoms with van der Waals surface area (Å²) in [6, 6.07) is 6.38. The van der Waals surface area contributed by atoms with E-state index in [9.17, 15) is 0 Å². The van der Waals surface area contributed by atoms with Crippen LogP contribution in [0.4, 0.5) is 0 Å². The maximum atomic E-state index is 6.24. The Kier molecular flexibility index (Phi) is 12.8. The molecule has 0 fully saturated rings. The lowest BCUT2D eigenvalue weighted by Crippen LogP contribution is -2.38. The molecule has 3 heteroatoms. The van der Waals surface area contributed by atoms with Crippen molar-refractivity contribution in [1.82, 2.24) is 0 Å². The molecule has 1 aromatic rings. The van der Waals surface area contributed by atoms with Crippen LogP contribution in [0.3, 0.4) is 0 Å². The average molecular weight is 393 g/mol. The summed E-state index contributed by atoms with van der Waals surface area (Å²) in [5, 5.41) is 0. The second kappa shape index (κ2) is 14.2. The Morgan fingerprint density at radius 1 is 0.741 bits per heavy atom. The van der Waals surface area contributed by atoms with Gasteiger partial charge in [0.25, 0.3) is 0 Å². The Bertz CT molecular complexity index is 499. The third kappa shape index (κ3) is 12.3. The molecular weight excluding hydrogens is 348 g/mol. The molecule has 0 amide bonds. The van der Waals surface area contributed by atoms with E-state index in [1.807, 2.05) is 0 Å². The molecule has 0 aliphatic rings. The van der Waals surface area contributed by atoms with E-state index in [0.29, 0.717) is 0 Å². The van der Waals surface area contributed by atoms with Gasteiger partial charge in [-0.2, -0.15) is 0 Å². The molecule has 0 unspecified atom stereocenters. The predicted molar refractivity (Wildman–Crippen MR) is 121 cm³/mol. The zero-order valence-electron chi connectivity index (χ0n) is 18.7. The third-order valence-corrected chi connectivity index (χ3v) is 6.76. The van der Waals surface area contributed by atoms with Gasteiger partial charge in [0.15, 0.2) is 0 Å². The molecule has 0 radical (unpaired) electrons. The van der Waals surface area contributed by atoms with Gasteiger partial charge in [-0.15, -0.1) is 0 Å². The normalized spacial score (nSPS) is 11.7. The van der Waals surface area contributed by atoms with Crippen LogP contribution in [-0.4, -0.2) is 15.2 Å². The van der Waals surface area contributed by atoms with Gasteiger partial charge in [0.1, 0.15) is 5.75 Å². The molecule has 0 atom stereocenters. The highest BCUT2D eigenvalue weighted by molar-refractivity contribution is 6.65. The molecule has 0 spiro atoms. The monoisotopic (exact) mass is 392 g/mol. The number of hydrogen-bond donors (Lipinski definition) is 0. The molecule has 156 valence electrons. The highest BCUT2D eigenvalue weighted by Gasteiger charge is 2.27. The van der Waals surface area contributed by atoms with Crippen LogP contribution in [0.2, 0.25) is 13.1 Å². The quantitative estimate of drug-likeness (QED) is 0.209. The molecule has 0 saturated carbocycles. The highest BCUT2D eigenvalue weighted by atomic mass is 28.4. The first-order valence-electron chi connectivity index (χ1n) is 11.3. The SMILES string of the molecule is CCCCCCCCCCCCCCO[Si](C)(C)Oc1cc(C)ccc1C.